The van der Waals surface area contributed by atoms with Crippen molar-refractivity contribution in [3.63, 3.8) is 0 Å². The van der Waals surface area contributed by atoms with E-state index in [4.69, 9.17) is 9.73 Å². The first-order valence-electron chi connectivity index (χ1n) is 10.6. The summed E-state index contributed by atoms with van der Waals surface area (Å²) >= 11 is 0. The molecular formula is C26H27NO4. The number of ether oxygens (including phenoxy) is 1. The van der Waals surface area contributed by atoms with E-state index in [2.05, 4.69) is 13.8 Å². The lowest BCUT2D eigenvalue weighted by atomic mass is 9.67. The van der Waals surface area contributed by atoms with Crippen molar-refractivity contribution in [2.24, 2.45) is 16.3 Å². The number of nitrogens with zero attached hydrogens (tertiary/aromatic N) is 1. The quantitative estimate of drug-likeness (QED) is 0.714. The first kappa shape index (κ1) is 21.0. The maximum atomic E-state index is 13.3. The van der Waals surface area contributed by atoms with E-state index in [1.54, 1.807) is 24.3 Å². The second kappa shape index (κ2) is 8.14. The van der Waals surface area contributed by atoms with Gasteiger partial charge in [0.05, 0.1) is 0 Å². The summed E-state index contributed by atoms with van der Waals surface area (Å²) in [6.07, 6.45) is 1.10. The van der Waals surface area contributed by atoms with E-state index in [9.17, 15) is 14.7 Å². The maximum Gasteiger partial charge on any atom is 0.315 e. The van der Waals surface area contributed by atoms with E-state index in [-0.39, 0.29) is 23.6 Å². The number of phenolic OH excluding ortho intramolecular Hbond substituents is 1. The summed E-state index contributed by atoms with van der Waals surface area (Å²) in [5, 5.41) is 9.75. The molecule has 0 saturated carbocycles. The summed E-state index contributed by atoms with van der Waals surface area (Å²) in [5.41, 5.74) is 3.56. The number of allylic oxidation sites excluding steroid dienone is 2. The highest BCUT2D eigenvalue weighted by molar-refractivity contribution is 6.09. The van der Waals surface area contributed by atoms with Crippen molar-refractivity contribution in [3.05, 3.63) is 77.0 Å². The lowest BCUT2D eigenvalue weighted by Gasteiger charge is -2.39. The van der Waals surface area contributed by atoms with Crippen LogP contribution in [0.1, 0.15) is 50.7 Å². The summed E-state index contributed by atoms with van der Waals surface area (Å²) in [5.74, 6) is -1.38. The Labute approximate surface area is 182 Å². The highest BCUT2D eigenvalue weighted by Gasteiger charge is 2.46. The molecule has 4 rings (SSSR count). The third-order valence-electron chi connectivity index (χ3n) is 6.03. The van der Waals surface area contributed by atoms with Crippen LogP contribution in [-0.4, -0.2) is 22.6 Å². The summed E-state index contributed by atoms with van der Waals surface area (Å²) in [6, 6.07) is 16.2. The lowest BCUT2D eigenvalue weighted by Crippen LogP contribution is -2.39. The van der Waals surface area contributed by atoms with Crippen LogP contribution in [0.25, 0.3) is 0 Å². The number of rotatable bonds is 4. The standard InChI is InChI=1S/C26H27NO4/c1-16-22(25(30)31-15-17-7-5-4-6-8-17)23(18-9-11-19(28)12-10-18)24-20(27-16)13-26(2,3)14-21(24)29/h4-12,22-23,28H,13-15H2,1-3H3/t22?,23-/m0/s1. The number of carbonyl (C=O) groups excluding carboxylic acids is 2. The third kappa shape index (κ3) is 4.31. The van der Waals surface area contributed by atoms with E-state index in [1.165, 1.54) is 0 Å². The molecule has 1 N–H and O–H groups in total. The molecule has 0 amide bonds. The van der Waals surface area contributed by atoms with E-state index >= 15 is 0 Å². The summed E-state index contributed by atoms with van der Waals surface area (Å²) < 4.78 is 5.67. The highest BCUT2D eigenvalue weighted by atomic mass is 16.5. The number of hydrogen-bond acceptors (Lipinski definition) is 5. The largest absolute Gasteiger partial charge is 0.508 e. The second-order valence-corrected chi connectivity index (χ2v) is 9.19. The molecule has 0 radical (unpaired) electrons. The number of esters is 1. The average molecular weight is 418 g/mol. The molecule has 2 atom stereocenters. The molecule has 0 bridgehead atoms. The van der Waals surface area contributed by atoms with E-state index < -0.39 is 17.8 Å². The molecule has 1 unspecified atom stereocenters. The summed E-state index contributed by atoms with van der Waals surface area (Å²) in [6.45, 7) is 6.13. The van der Waals surface area contributed by atoms with Gasteiger partial charge in [-0.2, -0.15) is 0 Å². The van der Waals surface area contributed by atoms with Crippen LogP contribution in [0.4, 0.5) is 0 Å². The molecule has 2 aliphatic rings. The summed E-state index contributed by atoms with van der Waals surface area (Å²) in [4.78, 5) is 31.2. The fourth-order valence-corrected chi connectivity index (χ4v) is 4.61. The van der Waals surface area contributed by atoms with E-state index in [0.29, 0.717) is 24.1 Å². The van der Waals surface area contributed by atoms with Gasteiger partial charge in [-0.25, -0.2) is 0 Å². The Bertz CT molecular complexity index is 1060. The van der Waals surface area contributed by atoms with Gasteiger partial charge in [-0.1, -0.05) is 56.3 Å². The van der Waals surface area contributed by atoms with Gasteiger partial charge in [0.25, 0.3) is 0 Å². The van der Waals surface area contributed by atoms with Crippen LogP contribution in [0.2, 0.25) is 0 Å². The van der Waals surface area contributed by atoms with Crippen molar-refractivity contribution in [1.29, 1.82) is 0 Å². The molecule has 5 nitrogen and oxygen atoms in total. The predicted molar refractivity (Wildman–Crippen MR) is 119 cm³/mol. The van der Waals surface area contributed by atoms with Crippen LogP contribution in [0, 0.1) is 11.3 Å². The minimum atomic E-state index is -0.683. The van der Waals surface area contributed by atoms with Gasteiger partial charge in [0.2, 0.25) is 0 Å². The number of carbonyl (C=O) groups is 2. The number of Topliss-reactive ketones (excluding diaryl/α,β-unsaturated/α-hetero) is 1. The van der Waals surface area contributed by atoms with Gasteiger partial charge in [0.1, 0.15) is 18.3 Å². The molecule has 0 spiro atoms. The monoisotopic (exact) mass is 417 g/mol. The van der Waals surface area contributed by atoms with Crippen molar-refractivity contribution in [2.45, 2.75) is 46.1 Å². The van der Waals surface area contributed by atoms with Crippen LogP contribution in [-0.2, 0) is 20.9 Å². The van der Waals surface area contributed by atoms with Crippen molar-refractivity contribution in [1.82, 2.24) is 0 Å². The fraction of sp³-hybridized carbons (Fsp3) is 0.346. The van der Waals surface area contributed by atoms with Crippen LogP contribution >= 0.6 is 0 Å². The third-order valence-corrected chi connectivity index (χ3v) is 6.03. The molecule has 2 aromatic rings. The molecule has 1 aliphatic heterocycles. The smallest absolute Gasteiger partial charge is 0.315 e. The van der Waals surface area contributed by atoms with Gasteiger partial charge in [-0.3, -0.25) is 14.6 Å². The molecule has 1 aliphatic carbocycles. The molecule has 5 heteroatoms. The van der Waals surface area contributed by atoms with Crippen LogP contribution < -0.4 is 0 Å². The Morgan fingerprint density at radius 2 is 1.77 bits per heavy atom. The van der Waals surface area contributed by atoms with E-state index in [0.717, 1.165) is 16.8 Å². The Morgan fingerprint density at radius 3 is 2.45 bits per heavy atom. The molecule has 0 fully saturated rings. The number of ketones is 1. The average Bonchev–Trinajstić information content (AvgIpc) is 2.71. The van der Waals surface area contributed by atoms with Gasteiger partial charge in [0.15, 0.2) is 5.78 Å². The molecule has 31 heavy (non-hydrogen) atoms. The van der Waals surface area contributed by atoms with Crippen LogP contribution in [0.15, 0.2) is 70.9 Å². The number of hydrogen-bond donors (Lipinski definition) is 1. The maximum absolute atomic E-state index is 13.3. The van der Waals surface area contributed by atoms with Crippen molar-refractivity contribution in [2.75, 3.05) is 0 Å². The number of aromatic hydroxyl groups is 1. The lowest BCUT2D eigenvalue weighted by molar-refractivity contribution is -0.148. The van der Waals surface area contributed by atoms with Gasteiger partial charge in [0, 0.05) is 29.3 Å². The molecule has 1 heterocycles. The Hall–Kier alpha value is -3.21. The second-order valence-electron chi connectivity index (χ2n) is 9.19. The molecule has 0 aromatic heterocycles. The Kier molecular flexibility index (Phi) is 5.52. The zero-order chi connectivity index (χ0) is 22.2. The van der Waals surface area contributed by atoms with Crippen molar-refractivity contribution in [3.8, 4) is 5.75 Å². The number of benzene rings is 2. The van der Waals surface area contributed by atoms with Gasteiger partial charge in [-0.15, -0.1) is 0 Å². The molecule has 0 saturated heterocycles. The topological polar surface area (TPSA) is 76.0 Å². The fourth-order valence-electron chi connectivity index (χ4n) is 4.61. The first-order chi connectivity index (χ1) is 14.7. The molecule has 2 aromatic carbocycles. The predicted octanol–water partition coefficient (Wildman–Crippen LogP) is 4.95. The summed E-state index contributed by atoms with van der Waals surface area (Å²) in [7, 11) is 0. The van der Waals surface area contributed by atoms with Crippen molar-refractivity contribution >= 4 is 17.5 Å². The normalized spacial score (nSPS) is 22.5. The number of aliphatic imine (C=N–C) groups is 1. The SMILES string of the molecule is CC1=NC2=C(C(=O)CC(C)(C)C2)[C@@H](c2ccc(O)cc2)C1C(=O)OCc1ccccc1. The minimum absolute atomic E-state index is 0.0291. The highest BCUT2D eigenvalue weighted by Crippen LogP contribution is 2.48. The zero-order valence-electron chi connectivity index (χ0n) is 18.1. The number of phenols is 1. The van der Waals surface area contributed by atoms with Gasteiger partial charge < -0.3 is 9.84 Å². The molecule has 160 valence electrons. The molecular weight excluding hydrogens is 390 g/mol. The van der Waals surface area contributed by atoms with Gasteiger partial charge >= 0.3 is 5.97 Å². The van der Waals surface area contributed by atoms with Crippen molar-refractivity contribution < 1.29 is 19.4 Å². The van der Waals surface area contributed by atoms with Gasteiger partial charge in [-0.05, 0) is 42.0 Å². The van der Waals surface area contributed by atoms with Crippen LogP contribution in [0.5, 0.6) is 5.75 Å². The Balaban J connectivity index is 1.72. The first-order valence-corrected chi connectivity index (χ1v) is 10.6. The zero-order valence-corrected chi connectivity index (χ0v) is 18.1. The van der Waals surface area contributed by atoms with Crippen LogP contribution in [0.3, 0.4) is 0 Å². The minimum Gasteiger partial charge on any atom is -0.508 e. The Morgan fingerprint density at radius 1 is 1.10 bits per heavy atom. The van der Waals surface area contributed by atoms with E-state index in [1.807, 2.05) is 37.3 Å².